The van der Waals surface area contributed by atoms with E-state index in [0.29, 0.717) is 16.6 Å². The zero-order chi connectivity index (χ0) is 14.8. The molecular weight excluding hydrogens is 269 g/mol. The predicted molar refractivity (Wildman–Crippen MR) is 78.4 cm³/mol. The number of carbonyl (C=O) groups is 1. The van der Waals surface area contributed by atoms with Gasteiger partial charge in [-0.25, -0.2) is 9.37 Å². The standard InChI is InChI=1S/C16H14FN3O/c1-10-19-14-8-4-6-12(15(14)20-10)16(21)18-9-11-5-2-3-7-13(11)17/h2-8H,9H2,1H3,(H,18,21)(H,19,20). The highest BCUT2D eigenvalue weighted by molar-refractivity contribution is 6.04. The molecule has 0 atom stereocenters. The number of halogens is 1. The van der Waals surface area contributed by atoms with Crippen molar-refractivity contribution in [3.05, 3.63) is 65.2 Å². The van der Waals surface area contributed by atoms with Gasteiger partial charge in [0.05, 0.1) is 11.1 Å². The number of para-hydroxylation sites is 1. The first-order valence-corrected chi connectivity index (χ1v) is 6.62. The van der Waals surface area contributed by atoms with Crippen LogP contribution in [0.2, 0.25) is 0 Å². The number of rotatable bonds is 3. The number of nitrogens with zero attached hydrogens (tertiary/aromatic N) is 1. The van der Waals surface area contributed by atoms with Crippen LogP contribution in [-0.2, 0) is 6.54 Å². The Balaban J connectivity index is 1.83. The molecule has 1 aromatic heterocycles. The van der Waals surface area contributed by atoms with Gasteiger partial charge in [0.1, 0.15) is 17.2 Å². The minimum absolute atomic E-state index is 0.144. The lowest BCUT2D eigenvalue weighted by Crippen LogP contribution is -2.23. The van der Waals surface area contributed by atoms with E-state index in [1.807, 2.05) is 13.0 Å². The SMILES string of the molecule is Cc1nc2c(C(=O)NCc3ccccc3F)cccc2[nH]1. The molecule has 3 aromatic rings. The third-order valence-electron chi connectivity index (χ3n) is 3.27. The fraction of sp³-hybridized carbons (Fsp3) is 0.125. The first-order chi connectivity index (χ1) is 10.1. The Labute approximate surface area is 121 Å². The van der Waals surface area contributed by atoms with E-state index >= 15 is 0 Å². The topological polar surface area (TPSA) is 57.8 Å². The third-order valence-corrected chi connectivity index (χ3v) is 3.27. The van der Waals surface area contributed by atoms with Crippen LogP contribution in [0.3, 0.4) is 0 Å². The monoisotopic (exact) mass is 283 g/mol. The highest BCUT2D eigenvalue weighted by atomic mass is 19.1. The normalized spacial score (nSPS) is 10.8. The van der Waals surface area contributed by atoms with Crippen molar-refractivity contribution in [2.75, 3.05) is 0 Å². The average Bonchev–Trinajstić information content (AvgIpc) is 2.86. The molecule has 0 aliphatic rings. The summed E-state index contributed by atoms with van der Waals surface area (Å²) in [5.41, 5.74) is 2.37. The van der Waals surface area contributed by atoms with Gasteiger partial charge in [0, 0.05) is 12.1 Å². The number of H-pyrrole nitrogens is 1. The van der Waals surface area contributed by atoms with Crippen molar-refractivity contribution in [2.24, 2.45) is 0 Å². The lowest BCUT2D eigenvalue weighted by Gasteiger charge is -2.06. The molecule has 0 spiro atoms. The molecule has 3 rings (SSSR count). The van der Waals surface area contributed by atoms with Gasteiger partial charge in [0.2, 0.25) is 0 Å². The number of fused-ring (bicyclic) bond motifs is 1. The molecule has 0 aliphatic carbocycles. The van der Waals surface area contributed by atoms with Crippen LogP contribution in [0.5, 0.6) is 0 Å². The second-order valence-corrected chi connectivity index (χ2v) is 4.80. The maximum atomic E-state index is 13.5. The Bertz CT molecular complexity index is 810. The van der Waals surface area contributed by atoms with Gasteiger partial charge in [-0.05, 0) is 25.1 Å². The number of hydrogen-bond donors (Lipinski definition) is 2. The first-order valence-electron chi connectivity index (χ1n) is 6.62. The summed E-state index contributed by atoms with van der Waals surface area (Å²) in [7, 11) is 0. The minimum atomic E-state index is -0.327. The minimum Gasteiger partial charge on any atom is -0.348 e. The van der Waals surface area contributed by atoms with Crippen LogP contribution in [0, 0.1) is 12.7 Å². The van der Waals surface area contributed by atoms with Crippen LogP contribution >= 0.6 is 0 Å². The van der Waals surface area contributed by atoms with Gasteiger partial charge in [-0.15, -0.1) is 0 Å². The van der Waals surface area contributed by atoms with E-state index < -0.39 is 0 Å². The first kappa shape index (κ1) is 13.3. The molecule has 0 unspecified atom stereocenters. The number of carbonyl (C=O) groups excluding carboxylic acids is 1. The molecule has 5 heteroatoms. The van der Waals surface area contributed by atoms with E-state index in [1.165, 1.54) is 6.07 Å². The number of amides is 1. The Kier molecular flexibility index (Phi) is 3.39. The maximum absolute atomic E-state index is 13.5. The lowest BCUT2D eigenvalue weighted by molar-refractivity contribution is 0.0952. The Morgan fingerprint density at radius 3 is 2.86 bits per heavy atom. The van der Waals surface area contributed by atoms with Crippen molar-refractivity contribution in [3.63, 3.8) is 0 Å². The van der Waals surface area contributed by atoms with E-state index in [9.17, 15) is 9.18 Å². The molecule has 21 heavy (non-hydrogen) atoms. The van der Waals surface area contributed by atoms with Gasteiger partial charge in [-0.1, -0.05) is 24.3 Å². The summed E-state index contributed by atoms with van der Waals surface area (Å²) in [6, 6.07) is 11.7. The van der Waals surface area contributed by atoms with E-state index in [2.05, 4.69) is 15.3 Å². The van der Waals surface area contributed by atoms with Crippen LogP contribution in [0.4, 0.5) is 4.39 Å². The predicted octanol–water partition coefficient (Wildman–Crippen LogP) is 2.94. The molecule has 2 aromatic carbocycles. The van der Waals surface area contributed by atoms with E-state index in [-0.39, 0.29) is 18.3 Å². The number of imidazole rings is 1. The third kappa shape index (κ3) is 2.63. The molecule has 0 saturated carbocycles. The van der Waals surface area contributed by atoms with Crippen LogP contribution in [-0.4, -0.2) is 15.9 Å². The molecule has 4 nitrogen and oxygen atoms in total. The van der Waals surface area contributed by atoms with Gasteiger partial charge in [-0.3, -0.25) is 4.79 Å². The van der Waals surface area contributed by atoms with Gasteiger partial charge >= 0.3 is 0 Å². The summed E-state index contributed by atoms with van der Waals surface area (Å²) in [6.45, 7) is 1.98. The Hall–Kier alpha value is -2.69. The van der Waals surface area contributed by atoms with Crippen molar-refractivity contribution < 1.29 is 9.18 Å². The zero-order valence-electron chi connectivity index (χ0n) is 11.5. The molecule has 2 N–H and O–H groups in total. The quantitative estimate of drug-likeness (QED) is 0.776. The van der Waals surface area contributed by atoms with Crippen molar-refractivity contribution in [3.8, 4) is 0 Å². The molecule has 0 fully saturated rings. The molecule has 0 saturated heterocycles. The van der Waals surface area contributed by atoms with E-state index in [0.717, 1.165) is 11.3 Å². The maximum Gasteiger partial charge on any atom is 0.253 e. The van der Waals surface area contributed by atoms with Crippen LogP contribution in [0.15, 0.2) is 42.5 Å². The van der Waals surface area contributed by atoms with Crippen molar-refractivity contribution in [1.82, 2.24) is 15.3 Å². The second-order valence-electron chi connectivity index (χ2n) is 4.80. The van der Waals surface area contributed by atoms with Gasteiger partial charge in [-0.2, -0.15) is 0 Å². The molecule has 1 amide bonds. The highest BCUT2D eigenvalue weighted by Gasteiger charge is 2.13. The van der Waals surface area contributed by atoms with Crippen LogP contribution < -0.4 is 5.32 Å². The number of hydrogen-bond acceptors (Lipinski definition) is 2. The van der Waals surface area contributed by atoms with Crippen molar-refractivity contribution in [2.45, 2.75) is 13.5 Å². The smallest absolute Gasteiger partial charge is 0.253 e. The van der Waals surface area contributed by atoms with Crippen LogP contribution in [0.25, 0.3) is 11.0 Å². The summed E-state index contributed by atoms with van der Waals surface area (Å²) in [6.07, 6.45) is 0. The summed E-state index contributed by atoms with van der Waals surface area (Å²) in [5, 5.41) is 2.72. The molecule has 1 heterocycles. The molecule has 106 valence electrons. The average molecular weight is 283 g/mol. The number of aromatic nitrogens is 2. The summed E-state index contributed by atoms with van der Waals surface area (Å²) in [4.78, 5) is 19.7. The van der Waals surface area contributed by atoms with Gasteiger partial charge < -0.3 is 10.3 Å². The summed E-state index contributed by atoms with van der Waals surface area (Å²) >= 11 is 0. The van der Waals surface area contributed by atoms with Crippen molar-refractivity contribution in [1.29, 1.82) is 0 Å². The number of aryl methyl sites for hydroxylation is 1. The molecule has 0 aliphatic heterocycles. The van der Waals surface area contributed by atoms with Gasteiger partial charge in [0.25, 0.3) is 5.91 Å². The van der Waals surface area contributed by atoms with Gasteiger partial charge in [0.15, 0.2) is 0 Å². The number of benzene rings is 2. The second kappa shape index (κ2) is 5.36. The molecular formula is C16H14FN3O. The zero-order valence-corrected chi connectivity index (χ0v) is 11.5. The number of aromatic amines is 1. The van der Waals surface area contributed by atoms with E-state index in [4.69, 9.17) is 0 Å². The number of nitrogens with one attached hydrogen (secondary N) is 2. The fourth-order valence-electron chi connectivity index (χ4n) is 2.25. The Morgan fingerprint density at radius 1 is 1.24 bits per heavy atom. The van der Waals surface area contributed by atoms with Crippen LogP contribution in [0.1, 0.15) is 21.7 Å². The Morgan fingerprint density at radius 2 is 2.05 bits per heavy atom. The largest absolute Gasteiger partial charge is 0.348 e. The lowest BCUT2D eigenvalue weighted by atomic mass is 10.1. The van der Waals surface area contributed by atoms with Crippen molar-refractivity contribution >= 4 is 16.9 Å². The summed E-state index contributed by atoms with van der Waals surface area (Å²) < 4.78 is 13.5. The van der Waals surface area contributed by atoms with E-state index in [1.54, 1.807) is 30.3 Å². The fourth-order valence-corrected chi connectivity index (χ4v) is 2.25. The summed E-state index contributed by atoms with van der Waals surface area (Å²) in [5.74, 6) is 0.154. The highest BCUT2D eigenvalue weighted by Crippen LogP contribution is 2.16. The molecule has 0 bridgehead atoms. The molecule has 0 radical (unpaired) electrons.